The average Bonchev–Trinajstić information content (AvgIpc) is 2.75. The third kappa shape index (κ3) is 2.53. The zero-order valence-electron chi connectivity index (χ0n) is 12.6. The number of hydrogen-bond acceptors (Lipinski definition) is 4. The van der Waals surface area contributed by atoms with Crippen LogP contribution in [0.5, 0.6) is 0 Å². The molecule has 5 nitrogen and oxygen atoms in total. The highest BCUT2D eigenvalue weighted by molar-refractivity contribution is 7.15. The number of fused-ring (bicyclic) bond motifs is 1. The molecule has 0 saturated heterocycles. The molecule has 22 heavy (non-hydrogen) atoms. The van der Waals surface area contributed by atoms with Crippen LogP contribution in [0.4, 0.5) is 5.13 Å². The molecule has 1 aromatic heterocycles. The molecule has 2 amide bonds. The van der Waals surface area contributed by atoms with Gasteiger partial charge in [0.1, 0.15) is 0 Å². The Morgan fingerprint density at radius 2 is 1.86 bits per heavy atom. The van der Waals surface area contributed by atoms with Gasteiger partial charge in [-0.2, -0.15) is 0 Å². The normalized spacial score (nSPS) is 21.7. The number of thiazole rings is 1. The van der Waals surface area contributed by atoms with Gasteiger partial charge < -0.3 is 10.2 Å². The van der Waals surface area contributed by atoms with Crippen molar-refractivity contribution in [2.24, 2.45) is 11.8 Å². The van der Waals surface area contributed by atoms with Crippen molar-refractivity contribution >= 4 is 28.3 Å². The van der Waals surface area contributed by atoms with Crippen LogP contribution in [0.1, 0.15) is 49.1 Å². The molecule has 6 heteroatoms. The second-order valence-corrected chi connectivity index (χ2v) is 7.73. The van der Waals surface area contributed by atoms with Crippen LogP contribution in [0.2, 0.25) is 0 Å². The summed E-state index contributed by atoms with van der Waals surface area (Å²) in [6, 6.07) is 0. The Hall–Kier alpha value is -1.43. The zero-order chi connectivity index (χ0) is 15.1. The van der Waals surface area contributed by atoms with Crippen molar-refractivity contribution in [1.29, 1.82) is 0 Å². The van der Waals surface area contributed by atoms with Gasteiger partial charge in [0.05, 0.1) is 12.2 Å². The fourth-order valence-corrected chi connectivity index (χ4v) is 4.26. The maximum atomic E-state index is 12.4. The summed E-state index contributed by atoms with van der Waals surface area (Å²) in [4.78, 5) is 32.0. The fraction of sp³-hybridized carbons (Fsp3) is 0.688. The van der Waals surface area contributed by atoms with E-state index >= 15 is 0 Å². The largest absolute Gasteiger partial charge is 0.337 e. The van der Waals surface area contributed by atoms with Gasteiger partial charge >= 0.3 is 0 Å². The van der Waals surface area contributed by atoms with Gasteiger partial charge in [0, 0.05) is 29.7 Å². The molecule has 0 spiro atoms. The monoisotopic (exact) mass is 319 g/mol. The topological polar surface area (TPSA) is 62.3 Å². The third-order valence-corrected chi connectivity index (χ3v) is 6.20. The maximum Gasteiger partial charge on any atom is 0.229 e. The van der Waals surface area contributed by atoms with Gasteiger partial charge in [0.15, 0.2) is 5.13 Å². The van der Waals surface area contributed by atoms with Crippen molar-refractivity contribution in [3.05, 3.63) is 10.6 Å². The summed E-state index contributed by atoms with van der Waals surface area (Å²) >= 11 is 1.54. The summed E-state index contributed by atoms with van der Waals surface area (Å²) < 4.78 is 0. The average molecular weight is 319 g/mol. The maximum absolute atomic E-state index is 12.4. The first-order valence-electron chi connectivity index (χ1n) is 8.29. The Balaban J connectivity index is 1.41. The number of anilines is 1. The highest BCUT2D eigenvalue weighted by Gasteiger charge is 2.32. The Morgan fingerprint density at radius 1 is 1.14 bits per heavy atom. The van der Waals surface area contributed by atoms with Crippen LogP contribution in [0.3, 0.4) is 0 Å². The van der Waals surface area contributed by atoms with E-state index in [9.17, 15) is 9.59 Å². The first-order chi connectivity index (χ1) is 10.7. The van der Waals surface area contributed by atoms with E-state index in [4.69, 9.17) is 0 Å². The molecule has 0 bridgehead atoms. The second-order valence-electron chi connectivity index (χ2n) is 6.64. The predicted molar refractivity (Wildman–Crippen MR) is 84.5 cm³/mol. The van der Waals surface area contributed by atoms with Gasteiger partial charge in [-0.05, 0) is 25.7 Å². The molecule has 1 aliphatic heterocycles. The van der Waals surface area contributed by atoms with Crippen molar-refractivity contribution in [1.82, 2.24) is 9.88 Å². The van der Waals surface area contributed by atoms with Crippen molar-refractivity contribution in [3.63, 3.8) is 0 Å². The highest BCUT2D eigenvalue weighted by Crippen LogP contribution is 2.34. The Labute approximate surface area is 134 Å². The Morgan fingerprint density at radius 3 is 2.50 bits per heavy atom. The van der Waals surface area contributed by atoms with Crippen LogP contribution in [0.25, 0.3) is 0 Å². The van der Waals surface area contributed by atoms with Crippen LogP contribution in [-0.4, -0.2) is 28.2 Å². The lowest BCUT2D eigenvalue weighted by Gasteiger charge is -2.33. The Kier molecular flexibility index (Phi) is 3.64. The summed E-state index contributed by atoms with van der Waals surface area (Å²) in [7, 11) is 0. The highest BCUT2D eigenvalue weighted by atomic mass is 32.1. The summed E-state index contributed by atoms with van der Waals surface area (Å²) in [5.74, 6) is 0.856. The zero-order valence-corrected chi connectivity index (χ0v) is 13.5. The van der Waals surface area contributed by atoms with E-state index in [2.05, 4.69) is 10.3 Å². The number of carbonyl (C=O) groups is 2. The molecule has 0 aromatic carbocycles. The quantitative estimate of drug-likeness (QED) is 0.931. The number of nitrogens with one attached hydrogen (secondary N) is 1. The van der Waals surface area contributed by atoms with E-state index in [1.807, 2.05) is 4.90 Å². The minimum Gasteiger partial charge on any atom is -0.337 e. The molecule has 1 aromatic rings. The second kappa shape index (κ2) is 5.65. The molecule has 0 unspecified atom stereocenters. The molecule has 2 fully saturated rings. The molecule has 2 heterocycles. The Bertz CT molecular complexity index is 605. The lowest BCUT2D eigenvalue weighted by Crippen LogP contribution is -2.41. The van der Waals surface area contributed by atoms with Crippen molar-refractivity contribution < 1.29 is 9.59 Å². The van der Waals surface area contributed by atoms with E-state index in [1.54, 1.807) is 0 Å². The molecule has 1 N–H and O–H groups in total. The van der Waals surface area contributed by atoms with E-state index in [1.165, 1.54) is 17.8 Å². The summed E-state index contributed by atoms with van der Waals surface area (Å²) in [5.41, 5.74) is 1.06. The van der Waals surface area contributed by atoms with E-state index in [0.29, 0.717) is 17.6 Å². The molecule has 118 valence electrons. The minimum atomic E-state index is 0.111. The van der Waals surface area contributed by atoms with Crippen molar-refractivity contribution in [3.8, 4) is 0 Å². The number of hydrogen-bond donors (Lipinski definition) is 1. The van der Waals surface area contributed by atoms with Gasteiger partial charge in [-0.1, -0.05) is 24.2 Å². The van der Waals surface area contributed by atoms with Crippen LogP contribution in [-0.2, 0) is 22.6 Å². The van der Waals surface area contributed by atoms with Crippen molar-refractivity contribution in [2.75, 3.05) is 11.9 Å². The number of nitrogens with zero attached hydrogens (tertiary/aromatic N) is 2. The molecule has 2 saturated carbocycles. The van der Waals surface area contributed by atoms with Gasteiger partial charge in [-0.3, -0.25) is 9.59 Å². The molecule has 4 rings (SSSR count). The molecule has 0 atom stereocenters. The summed E-state index contributed by atoms with van der Waals surface area (Å²) in [6.45, 7) is 1.43. The van der Waals surface area contributed by atoms with E-state index in [0.717, 1.165) is 55.6 Å². The number of aromatic nitrogens is 1. The van der Waals surface area contributed by atoms with Crippen LogP contribution < -0.4 is 5.32 Å². The third-order valence-electron chi connectivity index (χ3n) is 5.20. The molecule has 3 aliphatic rings. The number of amides is 2. The van der Waals surface area contributed by atoms with Crippen LogP contribution in [0, 0.1) is 11.8 Å². The lowest BCUT2D eigenvalue weighted by atomic mass is 9.84. The lowest BCUT2D eigenvalue weighted by molar-refractivity contribution is -0.139. The minimum absolute atomic E-state index is 0.111. The fourth-order valence-electron chi connectivity index (χ4n) is 3.23. The smallest absolute Gasteiger partial charge is 0.229 e. The first kappa shape index (κ1) is 14.2. The van der Waals surface area contributed by atoms with Gasteiger partial charge in [0.25, 0.3) is 0 Å². The van der Waals surface area contributed by atoms with E-state index < -0.39 is 0 Å². The first-order valence-corrected chi connectivity index (χ1v) is 9.10. The SMILES string of the molecule is O=C(Nc1nc2c(s1)CN(C(=O)C1CCC1)CC2)C1CCC1. The standard InChI is InChI=1S/C16H21N3O2S/c20-14(10-3-1-4-10)18-16-17-12-7-8-19(9-13(12)22-16)15(21)11-5-2-6-11/h10-11H,1-9H2,(H,17,18,20). The molecular formula is C16H21N3O2S. The van der Waals surface area contributed by atoms with Crippen LogP contribution >= 0.6 is 11.3 Å². The number of carbonyl (C=O) groups excluding carboxylic acids is 2. The van der Waals surface area contributed by atoms with Gasteiger partial charge in [-0.25, -0.2) is 4.98 Å². The molecular weight excluding hydrogens is 298 g/mol. The number of rotatable bonds is 3. The summed E-state index contributed by atoms with van der Waals surface area (Å²) in [5, 5.41) is 3.66. The van der Waals surface area contributed by atoms with Crippen molar-refractivity contribution in [2.45, 2.75) is 51.5 Å². The summed E-state index contributed by atoms with van der Waals surface area (Å²) in [6.07, 6.45) is 7.25. The van der Waals surface area contributed by atoms with Crippen LogP contribution in [0.15, 0.2) is 0 Å². The molecule has 0 radical (unpaired) electrons. The predicted octanol–water partition coefficient (Wildman–Crippen LogP) is 2.57. The van der Waals surface area contributed by atoms with Gasteiger partial charge in [0.2, 0.25) is 11.8 Å². The van der Waals surface area contributed by atoms with E-state index in [-0.39, 0.29) is 17.7 Å². The molecule has 2 aliphatic carbocycles. The van der Waals surface area contributed by atoms with Gasteiger partial charge in [-0.15, -0.1) is 0 Å².